The van der Waals surface area contributed by atoms with Gasteiger partial charge in [0.15, 0.2) is 10.9 Å². The summed E-state index contributed by atoms with van der Waals surface area (Å²) in [6.07, 6.45) is -0.641. The van der Waals surface area contributed by atoms with Crippen molar-refractivity contribution in [1.82, 2.24) is 4.98 Å². The molecule has 2 heterocycles. The number of halogens is 1. The Kier molecular flexibility index (Phi) is 2.58. The summed E-state index contributed by atoms with van der Waals surface area (Å²) in [5, 5.41) is 9.90. The molecular formula is C9H10ClNO3. The van der Waals surface area contributed by atoms with Crippen LogP contribution >= 0.6 is 11.6 Å². The molecule has 14 heavy (non-hydrogen) atoms. The van der Waals surface area contributed by atoms with Gasteiger partial charge in [0.1, 0.15) is 6.10 Å². The molecule has 0 spiro atoms. The van der Waals surface area contributed by atoms with Crippen molar-refractivity contribution in [1.29, 1.82) is 0 Å². The van der Waals surface area contributed by atoms with E-state index in [2.05, 4.69) is 4.98 Å². The monoisotopic (exact) mass is 215 g/mol. The van der Waals surface area contributed by atoms with E-state index in [0.29, 0.717) is 29.8 Å². The van der Waals surface area contributed by atoms with Crippen LogP contribution < -0.4 is 4.74 Å². The molecule has 4 nitrogen and oxygen atoms in total. The second-order valence-electron chi connectivity index (χ2n) is 3.05. The van der Waals surface area contributed by atoms with Gasteiger partial charge in [-0.05, 0) is 6.07 Å². The number of pyridine rings is 1. The molecule has 1 atom stereocenters. The molecule has 0 amide bonds. The summed E-state index contributed by atoms with van der Waals surface area (Å²) >= 11 is 5.84. The van der Waals surface area contributed by atoms with Crippen LogP contribution in [0.3, 0.4) is 0 Å². The molecule has 0 aliphatic carbocycles. The summed E-state index contributed by atoms with van der Waals surface area (Å²) in [7, 11) is 1.51. The molecule has 0 saturated heterocycles. The first kappa shape index (κ1) is 9.71. The lowest BCUT2D eigenvalue weighted by Crippen LogP contribution is -2.17. The van der Waals surface area contributed by atoms with Gasteiger partial charge >= 0.3 is 0 Å². The van der Waals surface area contributed by atoms with Gasteiger partial charge in [0, 0.05) is 5.56 Å². The average Bonchev–Trinajstić information content (AvgIpc) is 2.17. The average molecular weight is 216 g/mol. The van der Waals surface area contributed by atoms with E-state index in [9.17, 15) is 5.11 Å². The fourth-order valence-corrected chi connectivity index (χ4v) is 1.66. The van der Waals surface area contributed by atoms with Crippen molar-refractivity contribution in [2.24, 2.45) is 0 Å². The van der Waals surface area contributed by atoms with Gasteiger partial charge in [-0.3, -0.25) is 0 Å². The zero-order chi connectivity index (χ0) is 10.1. The van der Waals surface area contributed by atoms with Crippen molar-refractivity contribution in [2.45, 2.75) is 12.7 Å². The van der Waals surface area contributed by atoms with Gasteiger partial charge in [-0.15, -0.1) is 0 Å². The predicted molar refractivity (Wildman–Crippen MR) is 50.4 cm³/mol. The summed E-state index contributed by atoms with van der Waals surface area (Å²) in [5.74, 6) is 0.478. The molecule has 1 aromatic rings. The first-order chi connectivity index (χ1) is 6.72. The van der Waals surface area contributed by atoms with Crippen LogP contribution in [0.2, 0.25) is 5.15 Å². The van der Waals surface area contributed by atoms with E-state index in [4.69, 9.17) is 21.1 Å². The highest BCUT2D eigenvalue weighted by molar-refractivity contribution is 6.30. The number of hydrogen-bond donors (Lipinski definition) is 1. The first-order valence-corrected chi connectivity index (χ1v) is 4.59. The maximum atomic E-state index is 9.61. The van der Waals surface area contributed by atoms with Crippen LogP contribution in [0.15, 0.2) is 6.07 Å². The summed E-state index contributed by atoms with van der Waals surface area (Å²) in [5.41, 5.74) is 1.41. The Balaban J connectivity index is 2.49. The second-order valence-corrected chi connectivity index (χ2v) is 3.41. The zero-order valence-corrected chi connectivity index (χ0v) is 8.41. The lowest BCUT2D eigenvalue weighted by molar-refractivity contribution is 0.00746. The number of nitrogens with zero attached hydrogens (tertiary/aromatic N) is 1. The van der Waals surface area contributed by atoms with Gasteiger partial charge in [0.2, 0.25) is 0 Å². The van der Waals surface area contributed by atoms with Gasteiger partial charge in [0.05, 0.1) is 26.0 Å². The highest BCUT2D eigenvalue weighted by Crippen LogP contribution is 2.31. The van der Waals surface area contributed by atoms with Crippen molar-refractivity contribution < 1.29 is 14.6 Å². The van der Waals surface area contributed by atoms with Crippen LogP contribution in [-0.4, -0.2) is 23.8 Å². The lowest BCUT2D eigenvalue weighted by atomic mass is 10.1. The van der Waals surface area contributed by atoms with Crippen LogP contribution in [0.5, 0.6) is 5.75 Å². The topological polar surface area (TPSA) is 51.6 Å². The number of fused-ring (bicyclic) bond motifs is 1. The number of rotatable bonds is 1. The minimum Gasteiger partial charge on any atom is -0.494 e. The second kappa shape index (κ2) is 3.73. The predicted octanol–water partition coefficient (Wildman–Crippen LogP) is 1.31. The van der Waals surface area contributed by atoms with Crippen molar-refractivity contribution in [3.8, 4) is 5.75 Å². The van der Waals surface area contributed by atoms with E-state index >= 15 is 0 Å². The summed E-state index contributed by atoms with van der Waals surface area (Å²) < 4.78 is 10.1. The molecule has 0 bridgehead atoms. The van der Waals surface area contributed by atoms with E-state index in [-0.39, 0.29) is 0 Å². The molecule has 1 aliphatic rings. The van der Waals surface area contributed by atoms with Gasteiger partial charge in [0.25, 0.3) is 0 Å². The number of aromatic nitrogens is 1. The van der Waals surface area contributed by atoms with Crippen molar-refractivity contribution in [3.05, 3.63) is 22.5 Å². The van der Waals surface area contributed by atoms with Gasteiger partial charge in [-0.2, -0.15) is 0 Å². The smallest absolute Gasteiger partial charge is 0.171 e. The Morgan fingerprint density at radius 3 is 3.21 bits per heavy atom. The van der Waals surface area contributed by atoms with Crippen LogP contribution in [0.4, 0.5) is 0 Å². The highest BCUT2D eigenvalue weighted by atomic mass is 35.5. The lowest BCUT2D eigenvalue weighted by Gasteiger charge is -2.21. The minimum atomic E-state index is -0.641. The van der Waals surface area contributed by atoms with E-state index in [1.165, 1.54) is 7.11 Å². The normalized spacial score (nSPS) is 20.4. The molecular weight excluding hydrogens is 206 g/mol. The molecule has 5 heteroatoms. The molecule has 1 aromatic heterocycles. The molecule has 0 saturated carbocycles. The van der Waals surface area contributed by atoms with Gasteiger partial charge < -0.3 is 14.6 Å². The van der Waals surface area contributed by atoms with E-state index in [1.807, 2.05) is 0 Å². The van der Waals surface area contributed by atoms with Gasteiger partial charge in [-0.25, -0.2) is 4.98 Å². The molecule has 0 aromatic carbocycles. The fraction of sp³-hybridized carbons (Fsp3) is 0.444. The maximum absolute atomic E-state index is 9.61. The van der Waals surface area contributed by atoms with E-state index in [0.717, 1.165) is 5.56 Å². The van der Waals surface area contributed by atoms with Crippen LogP contribution in [0, 0.1) is 0 Å². The summed E-state index contributed by atoms with van der Waals surface area (Å²) in [4.78, 5) is 4.09. The molecule has 2 rings (SSSR count). The first-order valence-electron chi connectivity index (χ1n) is 4.21. The minimum absolute atomic E-state index is 0.291. The molecule has 1 N–H and O–H groups in total. The van der Waals surface area contributed by atoms with E-state index in [1.54, 1.807) is 6.07 Å². The summed E-state index contributed by atoms with van der Waals surface area (Å²) in [6.45, 7) is 0.676. The third-order valence-electron chi connectivity index (χ3n) is 2.15. The van der Waals surface area contributed by atoms with Gasteiger partial charge in [-0.1, -0.05) is 11.6 Å². The molecule has 1 unspecified atom stereocenters. The maximum Gasteiger partial charge on any atom is 0.171 e. The molecule has 0 fully saturated rings. The van der Waals surface area contributed by atoms with E-state index < -0.39 is 6.10 Å². The number of methoxy groups -OCH3 is 1. The Morgan fingerprint density at radius 2 is 2.50 bits per heavy atom. The van der Waals surface area contributed by atoms with Crippen LogP contribution in [0.1, 0.15) is 17.4 Å². The fourth-order valence-electron chi connectivity index (χ4n) is 1.43. The molecule has 1 aliphatic heterocycles. The van der Waals surface area contributed by atoms with Crippen molar-refractivity contribution >= 4 is 11.6 Å². The quantitative estimate of drug-likeness (QED) is 0.718. The Morgan fingerprint density at radius 1 is 1.71 bits per heavy atom. The number of aliphatic hydroxyl groups is 1. The standard InChI is InChI=1S/C9H10ClNO3/c1-13-8-2-5-6(11-9(8)10)3-14-4-7(5)12/h2,7,12H,3-4H2,1H3. The molecule has 76 valence electrons. The summed E-state index contributed by atoms with van der Waals surface area (Å²) in [6, 6.07) is 1.71. The highest BCUT2D eigenvalue weighted by Gasteiger charge is 2.21. The van der Waals surface area contributed by atoms with Crippen LogP contribution in [0.25, 0.3) is 0 Å². The van der Waals surface area contributed by atoms with Crippen molar-refractivity contribution in [2.75, 3.05) is 13.7 Å². The number of aliphatic hydroxyl groups excluding tert-OH is 1. The largest absolute Gasteiger partial charge is 0.494 e. The molecule has 0 radical (unpaired) electrons. The third-order valence-corrected chi connectivity index (χ3v) is 2.42. The Labute approximate surface area is 86.4 Å². The Hall–Kier alpha value is -0.840. The van der Waals surface area contributed by atoms with Crippen LogP contribution in [-0.2, 0) is 11.3 Å². The zero-order valence-electron chi connectivity index (χ0n) is 7.66. The number of hydrogen-bond acceptors (Lipinski definition) is 4. The third kappa shape index (κ3) is 1.56. The number of ether oxygens (including phenoxy) is 2. The SMILES string of the molecule is COc1cc2c(nc1Cl)COCC2O. The Bertz CT molecular complexity index is 356. The van der Waals surface area contributed by atoms with Crippen molar-refractivity contribution in [3.63, 3.8) is 0 Å².